The Kier molecular flexibility index (Phi) is 5.50. The summed E-state index contributed by atoms with van der Waals surface area (Å²) in [6.45, 7) is 5.76. The lowest BCUT2D eigenvalue weighted by Gasteiger charge is -2.37. The number of aliphatic hydroxyl groups is 1. The summed E-state index contributed by atoms with van der Waals surface area (Å²) in [4.78, 5) is 0. The molecule has 0 heterocycles. The molecule has 0 aromatic heterocycles. The molecule has 0 saturated heterocycles. The minimum Gasteiger partial charge on any atom is -0.393 e. The van der Waals surface area contributed by atoms with Crippen molar-refractivity contribution in [3.05, 3.63) is 0 Å². The van der Waals surface area contributed by atoms with Crippen LogP contribution in [0, 0.1) is 17.8 Å². The zero-order chi connectivity index (χ0) is 13.0. The first-order chi connectivity index (χ1) is 8.68. The van der Waals surface area contributed by atoms with E-state index in [1.807, 2.05) is 0 Å². The topological polar surface area (TPSA) is 32.3 Å². The first kappa shape index (κ1) is 14.3. The van der Waals surface area contributed by atoms with Crippen LogP contribution in [0.15, 0.2) is 0 Å². The van der Waals surface area contributed by atoms with Crippen LogP contribution in [0.1, 0.15) is 65.2 Å². The zero-order valence-electron chi connectivity index (χ0n) is 12.2. The summed E-state index contributed by atoms with van der Waals surface area (Å²) >= 11 is 0. The van der Waals surface area contributed by atoms with Gasteiger partial charge in [0, 0.05) is 12.6 Å². The Hall–Kier alpha value is -0.0800. The van der Waals surface area contributed by atoms with Crippen LogP contribution in [-0.4, -0.2) is 23.8 Å². The second kappa shape index (κ2) is 6.91. The molecule has 0 aliphatic heterocycles. The second-order valence-electron chi connectivity index (χ2n) is 6.82. The van der Waals surface area contributed by atoms with E-state index >= 15 is 0 Å². The number of nitrogens with one attached hydrogen (secondary N) is 1. The first-order valence-corrected chi connectivity index (χ1v) is 8.10. The molecule has 0 aromatic rings. The summed E-state index contributed by atoms with van der Waals surface area (Å²) in [7, 11) is 0. The standard InChI is InChI=1S/C16H31NO/c1-12(2)14-8-4-5-9-15(14)17-11-13-7-3-6-10-16(13)18/h12-18H,3-11H2,1-2H3. The van der Waals surface area contributed by atoms with Gasteiger partial charge in [-0.05, 0) is 43.4 Å². The number of rotatable bonds is 4. The summed E-state index contributed by atoms with van der Waals surface area (Å²) in [6.07, 6.45) is 10.2. The molecule has 2 heteroatoms. The van der Waals surface area contributed by atoms with Crippen molar-refractivity contribution in [3.8, 4) is 0 Å². The molecular formula is C16H31NO. The minimum atomic E-state index is -0.0488. The van der Waals surface area contributed by atoms with Crippen LogP contribution in [0.5, 0.6) is 0 Å². The summed E-state index contributed by atoms with van der Waals surface area (Å²) in [5.74, 6) is 2.15. The third-order valence-corrected chi connectivity index (χ3v) is 5.19. The van der Waals surface area contributed by atoms with Gasteiger partial charge in [0.2, 0.25) is 0 Å². The van der Waals surface area contributed by atoms with Gasteiger partial charge < -0.3 is 10.4 Å². The summed E-state index contributed by atoms with van der Waals surface area (Å²) in [5, 5.41) is 13.8. The Morgan fingerprint density at radius 2 is 1.67 bits per heavy atom. The fourth-order valence-corrected chi connectivity index (χ4v) is 3.94. The average Bonchev–Trinajstić information content (AvgIpc) is 2.38. The average molecular weight is 253 g/mol. The molecule has 2 N–H and O–H groups in total. The van der Waals surface area contributed by atoms with Crippen molar-refractivity contribution in [2.75, 3.05) is 6.54 Å². The highest BCUT2D eigenvalue weighted by Crippen LogP contribution is 2.31. The number of aliphatic hydroxyl groups excluding tert-OH is 1. The molecule has 0 amide bonds. The van der Waals surface area contributed by atoms with E-state index in [9.17, 15) is 5.11 Å². The van der Waals surface area contributed by atoms with Gasteiger partial charge in [0.05, 0.1) is 6.10 Å². The number of hydrogen-bond acceptors (Lipinski definition) is 2. The highest BCUT2D eigenvalue weighted by molar-refractivity contribution is 4.85. The van der Waals surface area contributed by atoms with Crippen molar-refractivity contribution >= 4 is 0 Å². The van der Waals surface area contributed by atoms with Crippen LogP contribution in [0.3, 0.4) is 0 Å². The van der Waals surface area contributed by atoms with Crippen molar-refractivity contribution in [1.29, 1.82) is 0 Å². The predicted molar refractivity (Wildman–Crippen MR) is 76.6 cm³/mol. The fourth-order valence-electron chi connectivity index (χ4n) is 3.94. The molecule has 0 aromatic carbocycles. The van der Waals surface area contributed by atoms with Gasteiger partial charge in [-0.1, -0.05) is 39.5 Å². The Bertz CT molecular complexity index is 241. The monoisotopic (exact) mass is 253 g/mol. The maximum absolute atomic E-state index is 10.0. The molecule has 106 valence electrons. The third kappa shape index (κ3) is 3.71. The van der Waals surface area contributed by atoms with E-state index in [0.717, 1.165) is 24.8 Å². The fraction of sp³-hybridized carbons (Fsp3) is 1.00. The molecule has 4 unspecified atom stereocenters. The Balaban J connectivity index is 1.80. The quantitative estimate of drug-likeness (QED) is 0.805. The van der Waals surface area contributed by atoms with Crippen LogP contribution < -0.4 is 5.32 Å². The maximum Gasteiger partial charge on any atom is 0.0580 e. The molecule has 2 fully saturated rings. The van der Waals surface area contributed by atoms with Gasteiger partial charge in [-0.3, -0.25) is 0 Å². The molecule has 4 atom stereocenters. The van der Waals surface area contributed by atoms with Crippen LogP contribution in [0.25, 0.3) is 0 Å². The van der Waals surface area contributed by atoms with Gasteiger partial charge in [-0.2, -0.15) is 0 Å². The molecule has 2 saturated carbocycles. The van der Waals surface area contributed by atoms with Crippen molar-refractivity contribution in [2.24, 2.45) is 17.8 Å². The van der Waals surface area contributed by atoms with Gasteiger partial charge in [0.15, 0.2) is 0 Å². The van der Waals surface area contributed by atoms with Crippen molar-refractivity contribution in [2.45, 2.75) is 77.4 Å². The minimum absolute atomic E-state index is 0.0488. The molecule has 18 heavy (non-hydrogen) atoms. The van der Waals surface area contributed by atoms with Crippen LogP contribution in [0.4, 0.5) is 0 Å². The van der Waals surface area contributed by atoms with Crippen LogP contribution in [0.2, 0.25) is 0 Å². The Morgan fingerprint density at radius 3 is 2.39 bits per heavy atom. The van der Waals surface area contributed by atoms with Gasteiger partial charge >= 0.3 is 0 Å². The SMILES string of the molecule is CC(C)C1CCCCC1NCC1CCCCC1O. The van der Waals surface area contributed by atoms with E-state index in [1.54, 1.807) is 0 Å². The highest BCUT2D eigenvalue weighted by atomic mass is 16.3. The van der Waals surface area contributed by atoms with Gasteiger partial charge in [0.1, 0.15) is 0 Å². The van der Waals surface area contributed by atoms with Crippen LogP contribution >= 0.6 is 0 Å². The molecule has 2 aliphatic rings. The molecule has 2 aliphatic carbocycles. The molecule has 0 bridgehead atoms. The smallest absolute Gasteiger partial charge is 0.0580 e. The molecule has 0 spiro atoms. The first-order valence-electron chi connectivity index (χ1n) is 8.10. The third-order valence-electron chi connectivity index (χ3n) is 5.19. The van der Waals surface area contributed by atoms with E-state index in [2.05, 4.69) is 19.2 Å². The normalized spacial score (nSPS) is 38.0. The molecular weight excluding hydrogens is 222 g/mol. The maximum atomic E-state index is 10.0. The highest BCUT2D eigenvalue weighted by Gasteiger charge is 2.29. The van der Waals surface area contributed by atoms with Crippen molar-refractivity contribution in [1.82, 2.24) is 5.32 Å². The Morgan fingerprint density at radius 1 is 1.00 bits per heavy atom. The summed E-state index contributed by atoms with van der Waals surface area (Å²) in [6, 6.07) is 0.702. The van der Waals surface area contributed by atoms with E-state index in [4.69, 9.17) is 0 Å². The van der Waals surface area contributed by atoms with E-state index in [1.165, 1.54) is 44.9 Å². The number of hydrogen-bond donors (Lipinski definition) is 2. The summed E-state index contributed by atoms with van der Waals surface area (Å²) in [5.41, 5.74) is 0. The molecule has 2 nitrogen and oxygen atoms in total. The zero-order valence-corrected chi connectivity index (χ0v) is 12.2. The predicted octanol–water partition coefficient (Wildman–Crippen LogP) is 3.34. The van der Waals surface area contributed by atoms with E-state index in [-0.39, 0.29) is 6.10 Å². The lowest BCUT2D eigenvalue weighted by molar-refractivity contribution is 0.0639. The Labute approximate surface area is 113 Å². The summed E-state index contributed by atoms with van der Waals surface area (Å²) < 4.78 is 0. The van der Waals surface area contributed by atoms with Gasteiger partial charge in [-0.15, -0.1) is 0 Å². The molecule has 2 rings (SSSR count). The van der Waals surface area contributed by atoms with Crippen LogP contribution in [-0.2, 0) is 0 Å². The largest absolute Gasteiger partial charge is 0.393 e. The van der Waals surface area contributed by atoms with Crippen molar-refractivity contribution in [3.63, 3.8) is 0 Å². The lowest BCUT2D eigenvalue weighted by atomic mass is 9.77. The van der Waals surface area contributed by atoms with Crippen molar-refractivity contribution < 1.29 is 5.11 Å². The van der Waals surface area contributed by atoms with E-state index in [0.29, 0.717) is 12.0 Å². The van der Waals surface area contributed by atoms with E-state index < -0.39 is 0 Å². The van der Waals surface area contributed by atoms with Gasteiger partial charge in [-0.25, -0.2) is 0 Å². The second-order valence-corrected chi connectivity index (χ2v) is 6.82. The van der Waals surface area contributed by atoms with Gasteiger partial charge in [0.25, 0.3) is 0 Å². The molecule has 0 radical (unpaired) electrons. The lowest BCUT2D eigenvalue weighted by Crippen LogP contribution is -2.45.